The molecule has 0 heterocycles. The van der Waals surface area contributed by atoms with E-state index in [4.69, 9.17) is 11.6 Å². The Kier molecular flexibility index (Phi) is 2.17. The van der Waals surface area contributed by atoms with Crippen molar-refractivity contribution in [1.29, 1.82) is 0 Å². The van der Waals surface area contributed by atoms with E-state index in [2.05, 4.69) is 26.0 Å². The van der Waals surface area contributed by atoms with Gasteiger partial charge in [-0.15, -0.1) is 0 Å². The number of allylic oxidation sites excluding steroid dienone is 2. The zero-order valence-corrected chi connectivity index (χ0v) is 8.78. The zero-order chi connectivity index (χ0) is 9.42. The number of benzene rings is 1. The van der Waals surface area contributed by atoms with Gasteiger partial charge in [-0.25, -0.2) is 0 Å². The van der Waals surface area contributed by atoms with E-state index in [9.17, 15) is 0 Å². The summed E-state index contributed by atoms with van der Waals surface area (Å²) in [5, 5.41) is 0.841. The first-order chi connectivity index (χ1) is 6.18. The molecule has 0 N–H and O–H groups in total. The van der Waals surface area contributed by atoms with Crippen LogP contribution in [0.3, 0.4) is 0 Å². The van der Waals surface area contributed by atoms with Gasteiger partial charge in [0, 0.05) is 5.02 Å². The van der Waals surface area contributed by atoms with Gasteiger partial charge in [-0.05, 0) is 55.5 Å². The molecule has 1 heteroatoms. The smallest absolute Gasteiger partial charge is 0.0412 e. The van der Waals surface area contributed by atoms with Gasteiger partial charge < -0.3 is 0 Å². The van der Waals surface area contributed by atoms with E-state index >= 15 is 0 Å². The Hall–Kier alpha value is -0.750. The van der Waals surface area contributed by atoms with Crippen LogP contribution in [-0.2, 0) is 6.42 Å². The number of fused-ring (bicyclic) bond motifs is 1. The molecule has 13 heavy (non-hydrogen) atoms. The standard InChI is InChI=1S/C12H13Cl/c1-8-3-4-10-5-6-11(13)7-12(10)9(8)2/h5-7H,3-4H2,1-2H3. The molecule has 1 aromatic carbocycles. The lowest BCUT2D eigenvalue weighted by Gasteiger charge is -2.19. The average molecular weight is 193 g/mol. The van der Waals surface area contributed by atoms with Gasteiger partial charge in [0.15, 0.2) is 0 Å². The topological polar surface area (TPSA) is 0 Å². The summed E-state index contributed by atoms with van der Waals surface area (Å²) < 4.78 is 0. The van der Waals surface area contributed by atoms with Crippen LogP contribution in [0.4, 0.5) is 0 Å². The molecule has 0 atom stereocenters. The molecular weight excluding hydrogens is 180 g/mol. The Morgan fingerprint density at radius 1 is 1.15 bits per heavy atom. The number of hydrogen-bond acceptors (Lipinski definition) is 0. The van der Waals surface area contributed by atoms with Crippen LogP contribution in [0.25, 0.3) is 5.57 Å². The highest BCUT2D eigenvalue weighted by molar-refractivity contribution is 6.30. The quantitative estimate of drug-likeness (QED) is 0.581. The second-order valence-electron chi connectivity index (χ2n) is 3.71. The minimum Gasteiger partial charge on any atom is -0.0843 e. The lowest BCUT2D eigenvalue weighted by atomic mass is 9.87. The second kappa shape index (κ2) is 3.19. The molecule has 0 saturated carbocycles. The van der Waals surface area contributed by atoms with E-state index in [-0.39, 0.29) is 0 Å². The highest BCUT2D eigenvalue weighted by Crippen LogP contribution is 2.32. The Morgan fingerprint density at radius 3 is 2.69 bits per heavy atom. The summed E-state index contributed by atoms with van der Waals surface area (Å²) in [6, 6.07) is 6.21. The zero-order valence-electron chi connectivity index (χ0n) is 8.02. The van der Waals surface area contributed by atoms with Crippen LogP contribution < -0.4 is 0 Å². The highest BCUT2D eigenvalue weighted by Gasteiger charge is 2.12. The molecule has 0 amide bonds. The molecule has 0 nitrogen and oxygen atoms in total. The molecule has 1 aliphatic rings. The lowest BCUT2D eigenvalue weighted by molar-refractivity contribution is 0.916. The first kappa shape index (κ1) is 8.83. The Labute approximate surface area is 84.2 Å². The summed E-state index contributed by atoms with van der Waals surface area (Å²) in [7, 11) is 0. The van der Waals surface area contributed by atoms with Crippen molar-refractivity contribution in [2.75, 3.05) is 0 Å². The number of halogens is 1. The summed E-state index contributed by atoms with van der Waals surface area (Å²) >= 11 is 5.97. The molecule has 0 aromatic heterocycles. The predicted molar refractivity (Wildman–Crippen MR) is 58.0 cm³/mol. The summed E-state index contributed by atoms with van der Waals surface area (Å²) in [6.45, 7) is 4.39. The van der Waals surface area contributed by atoms with Crippen molar-refractivity contribution in [3.8, 4) is 0 Å². The van der Waals surface area contributed by atoms with Gasteiger partial charge in [0.2, 0.25) is 0 Å². The molecule has 1 aromatic rings. The van der Waals surface area contributed by atoms with Crippen molar-refractivity contribution in [3.63, 3.8) is 0 Å². The van der Waals surface area contributed by atoms with Crippen LogP contribution in [0.5, 0.6) is 0 Å². The van der Waals surface area contributed by atoms with Gasteiger partial charge in [-0.1, -0.05) is 23.2 Å². The van der Waals surface area contributed by atoms with Gasteiger partial charge >= 0.3 is 0 Å². The monoisotopic (exact) mass is 192 g/mol. The fourth-order valence-corrected chi connectivity index (χ4v) is 2.03. The molecule has 0 unspecified atom stereocenters. The molecule has 2 rings (SSSR count). The van der Waals surface area contributed by atoms with Crippen molar-refractivity contribution in [1.82, 2.24) is 0 Å². The number of aryl methyl sites for hydroxylation is 1. The molecule has 0 spiro atoms. The third-order valence-corrected chi connectivity index (χ3v) is 3.12. The van der Waals surface area contributed by atoms with E-state index < -0.39 is 0 Å². The maximum absolute atomic E-state index is 5.97. The van der Waals surface area contributed by atoms with Crippen molar-refractivity contribution in [2.45, 2.75) is 26.7 Å². The van der Waals surface area contributed by atoms with Crippen LogP contribution in [0.2, 0.25) is 5.02 Å². The Bertz CT molecular complexity index is 375. The molecule has 0 fully saturated rings. The van der Waals surface area contributed by atoms with E-state index in [1.807, 2.05) is 6.07 Å². The van der Waals surface area contributed by atoms with Gasteiger partial charge in [0.05, 0.1) is 0 Å². The number of rotatable bonds is 0. The first-order valence-electron chi connectivity index (χ1n) is 4.63. The van der Waals surface area contributed by atoms with Crippen LogP contribution in [0.15, 0.2) is 23.8 Å². The van der Waals surface area contributed by atoms with Crippen LogP contribution in [0.1, 0.15) is 31.4 Å². The Balaban J connectivity index is 2.60. The third kappa shape index (κ3) is 1.51. The summed E-state index contributed by atoms with van der Waals surface area (Å²) in [6.07, 6.45) is 2.36. The molecule has 1 aliphatic carbocycles. The fraction of sp³-hybridized carbons (Fsp3) is 0.333. The molecular formula is C12H13Cl. The lowest BCUT2D eigenvalue weighted by Crippen LogP contribution is -2.01. The van der Waals surface area contributed by atoms with E-state index in [1.165, 1.54) is 28.7 Å². The first-order valence-corrected chi connectivity index (χ1v) is 5.01. The van der Waals surface area contributed by atoms with Crippen LogP contribution in [-0.4, -0.2) is 0 Å². The van der Waals surface area contributed by atoms with Crippen molar-refractivity contribution in [3.05, 3.63) is 39.9 Å². The van der Waals surface area contributed by atoms with Gasteiger partial charge in [0.25, 0.3) is 0 Å². The SMILES string of the molecule is CC1=C(C)c2cc(Cl)ccc2CC1. The minimum atomic E-state index is 0.841. The van der Waals surface area contributed by atoms with Crippen molar-refractivity contribution in [2.24, 2.45) is 0 Å². The summed E-state index contributed by atoms with van der Waals surface area (Å²) in [5.74, 6) is 0. The van der Waals surface area contributed by atoms with Crippen LogP contribution in [0, 0.1) is 0 Å². The minimum absolute atomic E-state index is 0.841. The van der Waals surface area contributed by atoms with Crippen molar-refractivity contribution < 1.29 is 0 Å². The molecule has 0 radical (unpaired) electrons. The van der Waals surface area contributed by atoms with E-state index in [0.29, 0.717) is 0 Å². The van der Waals surface area contributed by atoms with Crippen LogP contribution >= 0.6 is 11.6 Å². The van der Waals surface area contributed by atoms with Gasteiger partial charge in [-0.2, -0.15) is 0 Å². The molecule has 0 bridgehead atoms. The normalized spacial score (nSPS) is 15.9. The maximum Gasteiger partial charge on any atom is 0.0412 e. The Morgan fingerprint density at radius 2 is 1.92 bits per heavy atom. The van der Waals surface area contributed by atoms with E-state index in [1.54, 1.807) is 0 Å². The van der Waals surface area contributed by atoms with Gasteiger partial charge in [0.1, 0.15) is 0 Å². The van der Waals surface area contributed by atoms with Gasteiger partial charge in [-0.3, -0.25) is 0 Å². The molecule has 0 saturated heterocycles. The predicted octanol–water partition coefficient (Wildman–Crippen LogP) is 4.08. The molecule has 68 valence electrons. The summed E-state index contributed by atoms with van der Waals surface area (Å²) in [5.41, 5.74) is 5.68. The second-order valence-corrected chi connectivity index (χ2v) is 4.14. The third-order valence-electron chi connectivity index (χ3n) is 2.89. The number of hydrogen-bond donors (Lipinski definition) is 0. The fourth-order valence-electron chi connectivity index (χ4n) is 1.86. The van der Waals surface area contributed by atoms with E-state index in [0.717, 1.165) is 11.4 Å². The maximum atomic E-state index is 5.97. The van der Waals surface area contributed by atoms with Crippen molar-refractivity contribution >= 4 is 17.2 Å². The molecule has 0 aliphatic heterocycles. The summed E-state index contributed by atoms with van der Waals surface area (Å²) in [4.78, 5) is 0. The average Bonchev–Trinajstić information content (AvgIpc) is 2.12. The largest absolute Gasteiger partial charge is 0.0843 e. The highest BCUT2D eigenvalue weighted by atomic mass is 35.5.